The molecule has 0 fully saturated rings. The van der Waals surface area contributed by atoms with Gasteiger partial charge in [0, 0.05) is 6.04 Å². The fourth-order valence-electron chi connectivity index (χ4n) is 1.83. The fraction of sp³-hybridized carbons (Fsp3) is 0.467. The standard InChI is InChI=1S/C15H21N3O3S3/c1-4-10(3)16-14(19)9-22-15-17-12-7-6-11(8-13(12)23-15)18-24(20,21)5-2/h6-8,10,18H,4-5,9H2,1-3H3,(H,16,19)/t10-/m0/s1. The first-order chi connectivity index (χ1) is 11.3. The molecule has 1 aromatic carbocycles. The Labute approximate surface area is 150 Å². The second kappa shape index (κ2) is 8.17. The van der Waals surface area contributed by atoms with Gasteiger partial charge in [-0.25, -0.2) is 13.4 Å². The van der Waals surface area contributed by atoms with Crippen LogP contribution >= 0.6 is 23.1 Å². The summed E-state index contributed by atoms with van der Waals surface area (Å²) in [6, 6.07) is 5.41. The molecule has 0 saturated carbocycles. The molecule has 0 unspecified atom stereocenters. The lowest BCUT2D eigenvalue weighted by Crippen LogP contribution is -2.33. The molecule has 2 rings (SSSR count). The number of hydrogen-bond acceptors (Lipinski definition) is 6. The number of carbonyl (C=O) groups excluding carboxylic acids is 1. The summed E-state index contributed by atoms with van der Waals surface area (Å²) in [6.07, 6.45) is 0.897. The highest BCUT2D eigenvalue weighted by molar-refractivity contribution is 8.01. The van der Waals surface area contributed by atoms with Crippen LogP contribution in [-0.2, 0) is 14.8 Å². The molecular weight excluding hydrogens is 366 g/mol. The highest BCUT2D eigenvalue weighted by Crippen LogP contribution is 2.31. The third kappa shape index (κ3) is 5.35. The fourth-order valence-corrected chi connectivity index (χ4v) is 4.38. The lowest BCUT2D eigenvalue weighted by molar-refractivity contribution is -0.119. The van der Waals surface area contributed by atoms with Gasteiger partial charge in [0.15, 0.2) is 4.34 Å². The average molecular weight is 388 g/mol. The van der Waals surface area contributed by atoms with Crippen molar-refractivity contribution < 1.29 is 13.2 Å². The van der Waals surface area contributed by atoms with E-state index < -0.39 is 10.0 Å². The summed E-state index contributed by atoms with van der Waals surface area (Å²) >= 11 is 2.84. The number of amides is 1. The van der Waals surface area contributed by atoms with Gasteiger partial charge >= 0.3 is 0 Å². The number of nitrogens with zero attached hydrogens (tertiary/aromatic N) is 1. The first kappa shape index (κ1) is 19.0. The second-order valence-corrected chi connectivity index (χ2v) is 9.60. The third-order valence-electron chi connectivity index (χ3n) is 3.37. The minimum Gasteiger partial charge on any atom is -0.353 e. The van der Waals surface area contributed by atoms with Crippen molar-refractivity contribution in [3.8, 4) is 0 Å². The molecule has 2 N–H and O–H groups in total. The molecule has 0 saturated heterocycles. The topological polar surface area (TPSA) is 88.2 Å². The molecule has 1 aromatic heterocycles. The predicted molar refractivity (Wildman–Crippen MR) is 101 cm³/mol. The summed E-state index contributed by atoms with van der Waals surface area (Å²) in [5, 5.41) is 2.92. The number of benzene rings is 1. The Morgan fingerprint density at radius 3 is 2.79 bits per heavy atom. The van der Waals surface area contributed by atoms with E-state index in [0.717, 1.165) is 21.0 Å². The van der Waals surface area contributed by atoms with Crippen LogP contribution in [0.1, 0.15) is 27.2 Å². The molecule has 0 aliphatic heterocycles. The molecule has 0 radical (unpaired) electrons. The van der Waals surface area contributed by atoms with E-state index in [0.29, 0.717) is 11.4 Å². The Balaban J connectivity index is 2.04. The predicted octanol–water partition coefficient (Wildman–Crippen LogP) is 3.06. The van der Waals surface area contributed by atoms with Crippen LogP contribution in [0.2, 0.25) is 0 Å². The van der Waals surface area contributed by atoms with Gasteiger partial charge in [-0.05, 0) is 38.5 Å². The van der Waals surface area contributed by atoms with Crippen molar-refractivity contribution in [1.82, 2.24) is 10.3 Å². The summed E-state index contributed by atoms with van der Waals surface area (Å²) in [5.74, 6) is 0.338. The first-order valence-electron chi connectivity index (χ1n) is 7.66. The van der Waals surface area contributed by atoms with Crippen LogP contribution in [0.15, 0.2) is 22.5 Å². The van der Waals surface area contributed by atoms with Crippen molar-refractivity contribution >= 4 is 54.9 Å². The van der Waals surface area contributed by atoms with Crippen LogP contribution in [0.3, 0.4) is 0 Å². The number of fused-ring (bicyclic) bond motifs is 1. The van der Waals surface area contributed by atoms with Gasteiger partial charge in [0.25, 0.3) is 0 Å². The Morgan fingerprint density at radius 1 is 1.38 bits per heavy atom. The quantitative estimate of drug-likeness (QED) is 0.680. The monoisotopic (exact) mass is 387 g/mol. The molecule has 1 heterocycles. The van der Waals surface area contributed by atoms with Crippen molar-refractivity contribution in [1.29, 1.82) is 0 Å². The molecule has 0 bridgehead atoms. The van der Waals surface area contributed by atoms with Gasteiger partial charge in [-0.1, -0.05) is 18.7 Å². The van der Waals surface area contributed by atoms with Crippen molar-refractivity contribution in [2.45, 2.75) is 37.6 Å². The Kier molecular flexibility index (Phi) is 6.47. The van der Waals surface area contributed by atoms with Crippen LogP contribution in [-0.4, -0.2) is 36.9 Å². The van der Waals surface area contributed by atoms with E-state index in [1.807, 2.05) is 13.8 Å². The molecule has 0 aliphatic carbocycles. The lowest BCUT2D eigenvalue weighted by atomic mass is 10.3. The van der Waals surface area contributed by atoms with Crippen molar-refractivity contribution in [2.75, 3.05) is 16.2 Å². The Bertz CT molecular complexity index is 818. The number of thiazole rings is 1. The smallest absolute Gasteiger partial charge is 0.232 e. The summed E-state index contributed by atoms with van der Waals surface area (Å²) in [5.41, 5.74) is 1.32. The Hall–Kier alpha value is -1.32. The highest BCUT2D eigenvalue weighted by atomic mass is 32.2. The van der Waals surface area contributed by atoms with E-state index in [1.165, 1.54) is 23.1 Å². The molecule has 1 amide bonds. The van der Waals surface area contributed by atoms with E-state index >= 15 is 0 Å². The molecule has 6 nitrogen and oxygen atoms in total. The maximum Gasteiger partial charge on any atom is 0.232 e. The number of carbonyl (C=O) groups is 1. The first-order valence-corrected chi connectivity index (χ1v) is 11.1. The summed E-state index contributed by atoms with van der Waals surface area (Å²) in [6.45, 7) is 5.59. The van der Waals surface area contributed by atoms with Gasteiger partial charge in [-0.2, -0.15) is 0 Å². The van der Waals surface area contributed by atoms with Gasteiger partial charge in [-0.15, -0.1) is 11.3 Å². The molecule has 0 aliphatic rings. The number of thioether (sulfide) groups is 1. The molecule has 24 heavy (non-hydrogen) atoms. The van der Waals surface area contributed by atoms with Crippen LogP contribution in [0.5, 0.6) is 0 Å². The minimum absolute atomic E-state index is 0.00926. The lowest BCUT2D eigenvalue weighted by Gasteiger charge is -2.10. The Morgan fingerprint density at radius 2 is 2.12 bits per heavy atom. The number of hydrogen-bond donors (Lipinski definition) is 2. The second-order valence-electron chi connectivity index (χ2n) is 5.33. The number of aromatic nitrogens is 1. The molecule has 9 heteroatoms. The number of anilines is 1. The third-order valence-corrected chi connectivity index (χ3v) is 6.84. The van der Waals surface area contributed by atoms with Gasteiger partial charge in [0.05, 0.1) is 27.4 Å². The van der Waals surface area contributed by atoms with Gasteiger partial charge in [0.1, 0.15) is 0 Å². The van der Waals surface area contributed by atoms with Crippen LogP contribution in [0.25, 0.3) is 10.2 Å². The van der Waals surface area contributed by atoms with E-state index in [9.17, 15) is 13.2 Å². The zero-order chi connectivity index (χ0) is 17.7. The van der Waals surface area contributed by atoms with E-state index in [4.69, 9.17) is 0 Å². The SMILES string of the molecule is CC[C@H](C)NC(=O)CSc1nc2ccc(NS(=O)(=O)CC)cc2s1. The number of sulfonamides is 1. The van der Waals surface area contributed by atoms with E-state index in [1.54, 1.807) is 25.1 Å². The van der Waals surface area contributed by atoms with Crippen LogP contribution < -0.4 is 10.0 Å². The maximum absolute atomic E-state index is 11.8. The zero-order valence-electron chi connectivity index (χ0n) is 13.8. The van der Waals surface area contributed by atoms with Crippen LogP contribution in [0, 0.1) is 0 Å². The molecular formula is C15H21N3O3S3. The minimum atomic E-state index is -3.29. The van der Waals surface area contributed by atoms with Gasteiger partial charge < -0.3 is 5.32 Å². The van der Waals surface area contributed by atoms with Gasteiger partial charge in [-0.3, -0.25) is 9.52 Å². The number of nitrogens with one attached hydrogen (secondary N) is 2. The molecule has 2 aromatic rings. The normalized spacial score (nSPS) is 13.0. The number of rotatable bonds is 8. The van der Waals surface area contributed by atoms with Gasteiger partial charge in [0.2, 0.25) is 15.9 Å². The maximum atomic E-state index is 11.8. The van der Waals surface area contributed by atoms with Crippen molar-refractivity contribution in [3.05, 3.63) is 18.2 Å². The van der Waals surface area contributed by atoms with E-state index in [-0.39, 0.29) is 17.7 Å². The average Bonchev–Trinajstić information content (AvgIpc) is 2.94. The summed E-state index contributed by atoms with van der Waals surface area (Å²) < 4.78 is 27.5. The summed E-state index contributed by atoms with van der Waals surface area (Å²) in [7, 11) is -3.29. The van der Waals surface area contributed by atoms with Crippen molar-refractivity contribution in [3.63, 3.8) is 0 Å². The highest BCUT2D eigenvalue weighted by Gasteiger charge is 2.11. The zero-order valence-corrected chi connectivity index (χ0v) is 16.3. The van der Waals surface area contributed by atoms with Crippen LogP contribution in [0.4, 0.5) is 5.69 Å². The molecule has 1 atom stereocenters. The molecule has 0 spiro atoms. The molecule has 132 valence electrons. The largest absolute Gasteiger partial charge is 0.353 e. The summed E-state index contributed by atoms with van der Waals surface area (Å²) in [4.78, 5) is 16.3. The van der Waals surface area contributed by atoms with Crippen molar-refractivity contribution in [2.24, 2.45) is 0 Å². The van der Waals surface area contributed by atoms with E-state index in [2.05, 4.69) is 15.0 Å².